The zero-order chi connectivity index (χ0) is 15.5. The zero-order valence-corrected chi connectivity index (χ0v) is 13.8. The summed E-state index contributed by atoms with van der Waals surface area (Å²) >= 11 is 1.70. The lowest BCUT2D eigenvalue weighted by Gasteiger charge is -2.23. The standard InChI is InChI=1S/C17H21N3OS/c1-3-4-6-13-7-5-10-20(13)17(21)15-11-14(18-19-15)16-9-8-12(2)22-16/h5,7-9,11,13H,3-4,6,10H2,1-2H3,(H,18,19)/t13-/m1/s1. The summed E-state index contributed by atoms with van der Waals surface area (Å²) in [5.41, 5.74) is 1.42. The van der Waals surface area contributed by atoms with E-state index < -0.39 is 0 Å². The highest BCUT2D eigenvalue weighted by Gasteiger charge is 2.26. The van der Waals surface area contributed by atoms with Crippen molar-refractivity contribution in [2.75, 3.05) is 6.54 Å². The van der Waals surface area contributed by atoms with Gasteiger partial charge in [-0.1, -0.05) is 31.9 Å². The molecule has 116 valence electrons. The van der Waals surface area contributed by atoms with Gasteiger partial charge in [-0.05, 0) is 31.5 Å². The molecule has 0 saturated heterocycles. The summed E-state index contributed by atoms with van der Waals surface area (Å²) in [6, 6.07) is 6.22. The molecule has 4 nitrogen and oxygen atoms in total. The third-order valence-electron chi connectivity index (χ3n) is 3.98. The molecule has 0 saturated carbocycles. The number of unbranched alkanes of at least 4 members (excludes halogenated alkanes) is 1. The Hall–Kier alpha value is -1.88. The van der Waals surface area contributed by atoms with E-state index in [2.05, 4.69) is 48.3 Å². The van der Waals surface area contributed by atoms with Gasteiger partial charge >= 0.3 is 0 Å². The molecule has 0 unspecified atom stereocenters. The van der Waals surface area contributed by atoms with Crippen LogP contribution in [0.15, 0.2) is 30.4 Å². The number of thiophene rings is 1. The van der Waals surface area contributed by atoms with Gasteiger partial charge in [0.25, 0.3) is 5.91 Å². The molecule has 0 aromatic carbocycles. The monoisotopic (exact) mass is 315 g/mol. The Kier molecular flexibility index (Phi) is 4.43. The molecular formula is C17H21N3OS. The first-order valence-corrected chi connectivity index (χ1v) is 8.60. The van der Waals surface area contributed by atoms with Crippen molar-refractivity contribution < 1.29 is 4.79 Å². The summed E-state index contributed by atoms with van der Waals surface area (Å²) in [6.07, 6.45) is 7.54. The van der Waals surface area contributed by atoms with Gasteiger partial charge in [0.05, 0.1) is 16.6 Å². The van der Waals surface area contributed by atoms with E-state index in [1.165, 1.54) is 4.88 Å². The van der Waals surface area contributed by atoms with E-state index in [4.69, 9.17) is 0 Å². The Balaban J connectivity index is 1.74. The fourth-order valence-electron chi connectivity index (χ4n) is 2.75. The molecule has 3 heterocycles. The molecule has 3 rings (SSSR count). The fraction of sp³-hybridized carbons (Fsp3) is 0.412. The van der Waals surface area contributed by atoms with Crippen molar-refractivity contribution >= 4 is 17.2 Å². The Morgan fingerprint density at radius 1 is 1.50 bits per heavy atom. The average Bonchev–Trinajstić information content (AvgIpc) is 3.24. The summed E-state index contributed by atoms with van der Waals surface area (Å²) in [5.74, 6) is 0.0156. The zero-order valence-electron chi connectivity index (χ0n) is 13.0. The smallest absolute Gasteiger partial charge is 0.275 e. The number of carbonyl (C=O) groups excluding carboxylic acids is 1. The highest BCUT2D eigenvalue weighted by Crippen LogP contribution is 2.27. The maximum absolute atomic E-state index is 12.7. The van der Waals surface area contributed by atoms with Crippen LogP contribution in [0.3, 0.4) is 0 Å². The number of aromatic nitrogens is 2. The summed E-state index contributed by atoms with van der Waals surface area (Å²) in [5, 5.41) is 7.21. The quantitative estimate of drug-likeness (QED) is 0.847. The van der Waals surface area contributed by atoms with Gasteiger partial charge in [0.15, 0.2) is 5.69 Å². The number of hydrogen-bond donors (Lipinski definition) is 1. The number of aromatic amines is 1. The molecule has 0 bridgehead atoms. The number of aryl methyl sites for hydroxylation is 1. The van der Waals surface area contributed by atoms with E-state index in [1.54, 1.807) is 11.3 Å². The minimum atomic E-state index is 0.0156. The lowest BCUT2D eigenvalue weighted by molar-refractivity contribution is 0.0737. The topological polar surface area (TPSA) is 49.0 Å². The van der Waals surface area contributed by atoms with Crippen LogP contribution in [0, 0.1) is 6.92 Å². The van der Waals surface area contributed by atoms with Gasteiger partial charge in [-0.2, -0.15) is 5.10 Å². The van der Waals surface area contributed by atoms with E-state index in [-0.39, 0.29) is 11.9 Å². The molecule has 0 radical (unpaired) electrons. The average molecular weight is 315 g/mol. The van der Waals surface area contributed by atoms with E-state index in [9.17, 15) is 4.79 Å². The van der Waals surface area contributed by atoms with Crippen LogP contribution in [0.5, 0.6) is 0 Å². The van der Waals surface area contributed by atoms with E-state index >= 15 is 0 Å². The van der Waals surface area contributed by atoms with Gasteiger partial charge < -0.3 is 4.90 Å². The van der Waals surface area contributed by atoms with Gasteiger partial charge in [0, 0.05) is 11.4 Å². The minimum Gasteiger partial charge on any atom is -0.327 e. The second-order valence-corrected chi connectivity index (χ2v) is 6.96. The lowest BCUT2D eigenvalue weighted by Crippen LogP contribution is -2.36. The van der Waals surface area contributed by atoms with Crippen LogP contribution in [0.2, 0.25) is 0 Å². The molecule has 0 spiro atoms. The Bertz CT molecular complexity index is 686. The maximum Gasteiger partial charge on any atom is 0.275 e. The first-order chi connectivity index (χ1) is 10.7. The fourth-order valence-corrected chi connectivity index (χ4v) is 3.59. The number of nitrogens with zero attached hydrogens (tertiary/aromatic N) is 2. The van der Waals surface area contributed by atoms with Crippen LogP contribution in [-0.4, -0.2) is 33.6 Å². The van der Waals surface area contributed by atoms with Crippen LogP contribution in [0.25, 0.3) is 10.6 Å². The van der Waals surface area contributed by atoms with Crippen molar-refractivity contribution in [3.8, 4) is 10.6 Å². The number of carbonyl (C=O) groups is 1. The molecule has 1 N–H and O–H groups in total. The number of hydrogen-bond acceptors (Lipinski definition) is 3. The summed E-state index contributed by atoms with van der Waals surface area (Å²) in [6.45, 7) is 4.94. The van der Waals surface area contributed by atoms with Crippen molar-refractivity contribution in [3.63, 3.8) is 0 Å². The summed E-state index contributed by atoms with van der Waals surface area (Å²) in [7, 11) is 0. The predicted molar refractivity (Wildman–Crippen MR) is 90.1 cm³/mol. The highest BCUT2D eigenvalue weighted by atomic mass is 32.1. The van der Waals surface area contributed by atoms with Gasteiger partial charge in [-0.15, -0.1) is 11.3 Å². The van der Waals surface area contributed by atoms with Gasteiger partial charge in [-0.25, -0.2) is 0 Å². The van der Waals surface area contributed by atoms with Crippen LogP contribution < -0.4 is 0 Å². The van der Waals surface area contributed by atoms with Crippen molar-refractivity contribution in [2.24, 2.45) is 0 Å². The summed E-state index contributed by atoms with van der Waals surface area (Å²) in [4.78, 5) is 17.0. The maximum atomic E-state index is 12.7. The second-order valence-electron chi connectivity index (χ2n) is 5.67. The predicted octanol–water partition coefficient (Wildman–Crippen LogP) is 4.02. The molecule has 5 heteroatoms. The third-order valence-corrected chi connectivity index (χ3v) is 5.01. The SMILES string of the molecule is CCCC[C@@H]1C=CCN1C(=O)c1cc(-c2ccc(C)s2)[nH]n1. The molecule has 0 aliphatic carbocycles. The molecule has 22 heavy (non-hydrogen) atoms. The molecule has 1 aliphatic heterocycles. The molecule has 1 aliphatic rings. The molecular weight excluding hydrogens is 294 g/mol. The van der Waals surface area contributed by atoms with Gasteiger partial charge in [0.2, 0.25) is 0 Å². The number of H-pyrrole nitrogens is 1. The first kappa shape index (κ1) is 15.0. The van der Waals surface area contributed by atoms with Crippen LogP contribution in [-0.2, 0) is 0 Å². The molecule has 0 fully saturated rings. The van der Waals surface area contributed by atoms with Crippen LogP contribution in [0.1, 0.15) is 41.6 Å². The second kappa shape index (κ2) is 6.48. The summed E-state index contributed by atoms with van der Waals surface area (Å²) < 4.78 is 0. The van der Waals surface area contributed by atoms with Crippen molar-refractivity contribution in [1.29, 1.82) is 0 Å². The van der Waals surface area contributed by atoms with E-state index in [0.29, 0.717) is 12.2 Å². The third kappa shape index (κ3) is 2.99. The Morgan fingerprint density at radius 3 is 3.09 bits per heavy atom. The van der Waals surface area contributed by atoms with Crippen molar-refractivity contribution in [2.45, 2.75) is 39.2 Å². The van der Waals surface area contributed by atoms with Gasteiger partial charge in [-0.3, -0.25) is 9.89 Å². The molecule has 2 aromatic rings. The van der Waals surface area contributed by atoms with Crippen LogP contribution in [0.4, 0.5) is 0 Å². The highest BCUT2D eigenvalue weighted by molar-refractivity contribution is 7.15. The largest absolute Gasteiger partial charge is 0.327 e. The number of amides is 1. The first-order valence-electron chi connectivity index (χ1n) is 7.79. The molecule has 1 atom stereocenters. The van der Waals surface area contributed by atoms with Crippen molar-refractivity contribution in [1.82, 2.24) is 15.1 Å². The number of rotatable bonds is 5. The molecule has 2 aromatic heterocycles. The normalized spacial score (nSPS) is 17.4. The van der Waals surface area contributed by atoms with E-state index in [1.807, 2.05) is 11.0 Å². The number of nitrogens with one attached hydrogen (secondary N) is 1. The Labute approximate surface area is 134 Å². The lowest BCUT2D eigenvalue weighted by atomic mass is 10.1. The van der Waals surface area contributed by atoms with E-state index in [0.717, 1.165) is 29.8 Å². The Morgan fingerprint density at radius 2 is 2.36 bits per heavy atom. The minimum absolute atomic E-state index is 0.0156. The van der Waals surface area contributed by atoms with Crippen LogP contribution >= 0.6 is 11.3 Å². The van der Waals surface area contributed by atoms with Gasteiger partial charge in [0.1, 0.15) is 0 Å². The van der Waals surface area contributed by atoms with Crippen molar-refractivity contribution in [3.05, 3.63) is 40.9 Å². The molecule has 1 amide bonds.